The molecule has 0 radical (unpaired) electrons. The number of hydrogen-bond donors (Lipinski definition) is 1. The average Bonchev–Trinajstić information content (AvgIpc) is 2.21. The number of aryl methyl sites for hydroxylation is 2. The number of hydrogen-bond acceptors (Lipinski definition) is 3. The summed E-state index contributed by atoms with van der Waals surface area (Å²) in [6, 6.07) is 4.04. The van der Waals surface area contributed by atoms with E-state index in [-0.39, 0.29) is 5.78 Å². The fraction of sp³-hybridized carbons (Fsp3) is 0.462. The predicted molar refractivity (Wildman–Crippen MR) is 68.5 cm³/mol. The van der Waals surface area contributed by atoms with Crippen LogP contribution in [-0.4, -0.2) is 33.5 Å². The van der Waals surface area contributed by atoms with E-state index in [0.29, 0.717) is 6.54 Å². The van der Waals surface area contributed by atoms with E-state index in [1.54, 1.807) is 7.05 Å². The molecule has 3 nitrogen and oxygen atoms in total. The molecule has 0 unspecified atom stereocenters. The Hall–Kier alpha value is -1.35. The van der Waals surface area contributed by atoms with E-state index >= 15 is 0 Å². The van der Waals surface area contributed by atoms with E-state index in [1.807, 2.05) is 32.0 Å². The van der Waals surface area contributed by atoms with Crippen molar-refractivity contribution in [2.45, 2.75) is 13.8 Å². The largest absolute Gasteiger partial charge is 0.377 e. The molecular weight excluding hydrogens is 200 g/mol. The van der Waals surface area contributed by atoms with E-state index in [2.05, 4.69) is 18.3 Å². The lowest BCUT2D eigenvalue weighted by molar-refractivity contribution is 0.0994. The van der Waals surface area contributed by atoms with Crippen LogP contribution in [0.2, 0.25) is 0 Å². The third-order valence-electron chi connectivity index (χ3n) is 2.73. The Morgan fingerprint density at radius 1 is 1.25 bits per heavy atom. The zero-order chi connectivity index (χ0) is 12.3. The topological polar surface area (TPSA) is 32.3 Å². The van der Waals surface area contributed by atoms with Crippen LogP contribution < -0.4 is 10.2 Å². The summed E-state index contributed by atoms with van der Waals surface area (Å²) >= 11 is 0. The third-order valence-corrected chi connectivity index (χ3v) is 2.73. The summed E-state index contributed by atoms with van der Waals surface area (Å²) in [6.45, 7) is 4.48. The van der Waals surface area contributed by atoms with Crippen LogP contribution in [0.4, 0.5) is 5.69 Å². The van der Waals surface area contributed by atoms with Gasteiger partial charge in [0, 0.05) is 25.3 Å². The van der Waals surface area contributed by atoms with Crippen molar-refractivity contribution in [2.24, 2.45) is 0 Å². The van der Waals surface area contributed by atoms with Crippen LogP contribution in [0.5, 0.6) is 0 Å². The zero-order valence-corrected chi connectivity index (χ0v) is 10.7. The minimum Gasteiger partial charge on any atom is -0.377 e. The number of nitrogens with one attached hydrogen (secondary N) is 1. The van der Waals surface area contributed by atoms with Gasteiger partial charge in [-0.25, -0.2) is 0 Å². The molecule has 88 valence electrons. The first-order valence-electron chi connectivity index (χ1n) is 5.43. The second kappa shape index (κ2) is 5.12. The number of rotatable bonds is 4. The van der Waals surface area contributed by atoms with Crippen molar-refractivity contribution in [2.75, 3.05) is 32.6 Å². The number of likely N-dealkylation sites (N-methyl/N-ethyl adjacent to an activating group) is 1. The summed E-state index contributed by atoms with van der Waals surface area (Å²) in [6.07, 6.45) is 0. The standard InChI is InChI=1S/C13H20N2O/c1-9-6-11(13(16)8-14-3)12(15(4)5)7-10(9)2/h6-7,14H,8H2,1-5H3. The highest BCUT2D eigenvalue weighted by molar-refractivity contribution is 6.03. The van der Waals surface area contributed by atoms with Gasteiger partial charge in [0.1, 0.15) is 0 Å². The van der Waals surface area contributed by atoms with Crippen molar-refractivity contribution in [3.05, 3.63) is 28.8 Å². The van der Waals surface area contributed by atoms with Crippen LogP contribution in [0, 0.1) is 13.8 Å². The number of nitrogens with zero attached hydrogens (tertiary/aromatic N) is 1. The van der Waals surface area contributed by atoms with Crippen molar-refractivity contribution in [3.8, 4) is 0 Å². The minimum absolute atomic E-state index is 0.134. The maximum absolute atomic E-state index is 11.9. The van der Waals surface area contributed by atoms with Crippen LogP contribution in [0.3, 0.4) is 0 Å². The van der Waals surface area contributed by atoms with Crippen molar-refractivity contribution < 1.29 is 4.79 Å². The molecule has 3 heteroatoms. The van der Waals surface area contributed by atoms with Gasteiger partial charge in [0.2, 0.25) is 0 Å². The maximum Gasteiger partial charge on any atom is 0.178 e. The molecule has 0 fully saturated rings. The second-order valence-corrected chi connectivity index (χ2v) is 4.30. The number of Topliss-reactive ketones (excluding diaryl/α,β-unsaturated/α-hetero) is 1. The van der Waals surface area contributed by atoms with Crippen LogP contribution in [0.25, 0.3) is 0 Å². The van der Waals surface area contributed by atoms with Gasteiger partial charge in [-0.05, 0) is 44.2 Å². The van der Waals surface area contributed by atoms with E-state index in [1.165, 1.54) is 5.56 Å². The molecule has 0 spiro atoms. The van der Waals surface area contributed by atoms with E-state index in [9.17, 15) is 4.79 Å². The molecule has 1 aromatic rings. The first-order valence-corrected chi connectivity index (χ1v) is 5.43. The quantitative estimate of drug-likeness (QED) is 0.785. The van der Waals surface area contributed by atoms with Gasteiger partial charge in [-0.1, -0.05) is 0 Å². The number of carbonyl (C=O) groups excluding carboxylic acids is 1. The van der Waals surface area contributed by atoms with E-state index in [4.69, 9.17) is 0 Å². The monoisotopic (exact) mass is 220 g/mol. The zero-order valence-electron chi connectivity index (χ0n) is 10.7. The van der Waals surface area contributed by atoms with Crippen LogP contribution in [0.1, 0.15) is 21.5 Å². The first kappa shape index (κ1) is 12.7. The van der Waals surface area contributed by atoms with Gasteiger partial charge in [-0.15, -0.1) is 0 Å². The second-order valence-electron chi connectivity index (χ2n) is 4.30. The highest BCUT2D eigenvalue weighted by Gasteiger charge is 2.13. The van der Waals surface area contributed by atoms with Gasteiger partial charge in [0.15, 0.2) is 5.78 Å². The van der Waals surface area contributed by atoms with Gasteiger partial charge in [0.25, 0.3) is 0 Å². The molecule has 0 heterocycles. The summed E-state index contributed by atoms with van der Waals surface area (Å²) in [4.78, 5) is 13.9. The predicted octanol–water partition coefficient (Wildman–Crippen LogP) is 1.77. The Bertz CT molecular complexity index is 397. The van der Waals surface area contributed by atoms with E-state index in [0.717, 1.165) is 16.8 Å². The molecule has 0 atom stereocenters. The molecule has 0 bridgehead atoms. The number of carbonyl (C=O) groups is 1. The van der Waals surface area contributed by atoms with Crippen molar-refractivity contribution >= 4 is 11.5 Å². The lowest BCUT2D eigenvalue weighted by atomic mass is 10.0. The summed E-state index contributed by atoms with van der Waals surface area (Å²) in [5.41, 5.74) is 4.15. The maximum atomic E-state index is 11.9. The molecule has 16 heavy (non-hydrogen) atoms. The number of ketones is 1. The van der Waals surface area contributed by atoms with Crippen molar-refractivity contribution in [1.82, 2.24) is 5.32 Å². The fourth-order valence-corrected chi connectivity index (χ4v) is 1.65. The number of benzene rings is 1. The molecule has 0 aromatic heterocycles. The SMILES string of the molecule is CNCC(=O)c1cc(C)c(C)cc1N(C)C. The van der Waals surface area contributed by atoms with Gasteiger partial charge < -0.3 is 10.2 Å². The lowest BCUT2D eigenvalue weighted by Gasteiger charge is -2.18. The summed E-state index contributed by atoms with van der Waals surface area (Å²) in [5, 5.41) is 2.90. The molecule has 1 aromatic carbocycles. The van der Waals surface area contributed by atoms with E-state index < -0.39 is 0 Å². The normalized spacial score (nSPS) is 10.3. The molecule has 0 saturated carbocycles. The molecular formula is C13H20N2O. The molecule has 1 N–H and O–H groups in total. The fourth-order valence-electron chi connectivity index (χ4n) is 1.65. The Morgan fingerprint density at radius 3 is 2.31 bits per heavy atom. The molecule has 0 aliphatic carbocycles. The van der Waals surface area contributed by atoms with Gasteiger partial charge in [-0.2, -0.15) is 0 Å². The van der Waals surface area contributed by atoms with Crippen LogP contribution in [0.15, 0.2) is 12.1 Å². The molecule has 0 aliphatic heterocycles. The Balaban J connectivity index is 3.24. The van der Waals surface area contributed by atoms with Crippen molar-refractivity contribution in [1.29, 1.82) is 0 Å². The highest BCUT2D eigenvalue weighted by Crippen LogP contribution is 2.23. The highest BCUT2D eigenvalue weighted by atomic mass is 16.1. The summed E-state index contributed by atoms with van der Waals surface area (Å²) < 4.78 is 0. The number of anilines is 1. The molecule has 0 saturated heterocycles. The van der Waals surface area contributed by atoms with Crippen LogP contribution in [-0.2, 0) is 0 Å². The average molecular weight is 220 g/mol. The smallest absolute Gasteiger partial charge is 0.178 e. The van der Waals surface area contributed by atoms with Crippen LogP contribution >= 0.6 is 0 Å². The minimum atomic E-state index is 0.134. The lowest BCUT2D eigenvalue weighted by Crippen LogP contribution is -2.22. The van der Waals surface area contributed by atoms with Gasteiger partial charge >= 0.3 is 0 Å². The van der Waals surface area contributed by atoms with Crippen molar-refractivity contribution in [3.63, 3.8) is 0 Å². The van der Waals surface area contributed by atoms with Gasteiger partial charge in [0.05, 0.1) is 6.54 Å². The Labute approximate surface area is 97.5 Å². The molecule has 0 amide bonds. The summed E-state index contributed by atoms with van der Waals surface area (Å²) in [7, 11) is 5.70. The first-order chi connectivity index (χ1) is 7.47. The van der Waals surface area contributed by atoms with Gasteiger partial charge in [-0.3, -0.25) is 4.79 Å². The third kappa shape index (κ3) is 2.61. The molecule has 1 rings (SSSR count). The molecule has 0 aliphatic rings. The Morgan fingerprint density at radius 2 is 1.81 bits per heavy atom. The Kier molecular flexibility index (Phi) is 4.07. The summed E-state index contributed by atoms with van der Waals surface area (Å²) in [5.74, 6) is 0.134.